The van der Waals surface area contributed by atoms with E-state index in [-0.39, 0.29) is 16.2 Å². The maximum absolute atomic E-state index is 2.56. The Hall–Kier alpha value is -9.24. The van der Waals surface area contributed by atoms with E-state index in [4.69, 9.17) is 0 Å². The van der Waals surface area contributed by atoms with Gasteiger partial charge in [0.25, 0.3) is 0 Å². The van der Waals surface area contributed by atoms with Crippen LogP contribution in [-0.2, 0) is 22.7 Å². The number of anilines is 6. The zero-order valence-electron chi connectivity index (χ0n) is 50.5. The summed E-state index contributed by atoms with van der Waals surface area (Å²) in [5.74, 6) is 0.418. The minimum atomic E-state index is -0.251. The number of allylic oxidation sites excluding steroid dienone is 1. The lowest BCUT2D eigenvalue weighted by Gasteiger charge is -2.29. The van der Waals surface area contributed by atoms with Gasteiger partial charge in [0, 0.05) is 45.0 Å². The van der Waals surface area contributed by atoms with Crippen LogP contribution in [0.1, 0.15) is 119 Å². The number of rotatable bonds is 9. The van der Waals surface area contributed by atoms with Crippen LogP contribution in [0.4, 0.5) is 34.1 Å². The van der Waals surface area contributed by atoms with Crippen molar-refractivity contribution in [2.24, 2.45) is 0 Å². The fourth-order valence-electron chi connectivity index (χ4n) is 15.0. The highest BCUT2D eigenvalue weighted by Crippen LogP contribution is 2.57. The van der Waals surface area contributed by atoms with E-state index in [1.165, 1.54) is 121 Å². The Labute approximate surface area is 502 Å². The van der Waals surface area contributed by atoms with E-state index in [2.05, 4.69) is 315 Å². The molecule has 12 aromatic rings. The molecule has 0 spiro atoms. The van der Waals surface area contributed by atoms with Gasteiger partial charge in [0.05, 0.1) is 0 Å². The third-order valence-electron chi connectivity index (χ3n) is 19.4. The highest BCUT2D eigenvalue weighted by molar-refractivity contribution is 6.23. The Balaban J connectivity index is 1.04. The average Bonchev–Trinajstić information content (AvgIpc) is 1.79. The van der Waals surface area contributed by atoms with Crippen molar-refractivity contribution < 1.29 is 0 Å². The fourth-order valence-corrected chi connectivity index (χ4v) is 15.0. The number of hydrogen-bond acceptors (Lipinski definition) is 2. The lowest BCUT2D eigenvalue weighted by atomic mass is 9.77. The van der Waals surface area contributed by atoms with Crippen molar-refractivity contribution in [1.82, 2.24) is 0 Å². The summed E-state index contributed by atoms with van der Waals surface area (Å²) in [4.78, 5) is 4.89. The van der Waals surface area contributed by atoms with Gasteiger partial charge in [0.1, 0.15) is 0 Å². The first-order valence-electron chi connectivity index (χ1n) is 30.7. The van der Waals surface area contributed by atoms with Crippen LogP contribution in [0.5, 0.6) is 0 Å². The molecular formula is C83H72N2. The molecule has 0 saturated heterocycles. The van der Waals surface area contributed by atoms with Crippen molar-refractivity contribution in [3.63, 3.8) is 0 Å². The number of nitrogens with zero attached hydrogens (tertiary/aromatic N) is 2. The molecular weight excluding hydrogens is 1020 g/mol. The van der Waals surface area contributed by atoms with Gasteiger partial charge in [0.15, 0.2) is 0 Å². The smallest absolute Gasteiger partial charge is 0.0468 e. The highest BCUT2D eigenvalue weighted by Gasteiger charge is 2.40. The van der Waals surface area contributed by atoms with Crippen molar-refractivity contribution in [2.75, 3.05) is 9.80 Å². The summed E-state index contributed by atoms with van der Waals surface area (Å²) < 4.78 is 0. The molecule has 0 atom stereocenters. The number of aryl methyl sites for hydroxylation is 1. The molecule has 2 nitrogen and oxygen atoms in total. The van der Waals surface area contributed by atoms with Gasteiger partial charge in [-0.3, -0.25) is 0 Å². The third kappa shape index (κ3) is 8.42. The predicted molar refractivity (Wildman–Crippen MR) is 364 cm³/mol. The van der Waals surface area contributed by atoms with Gasteiger partial charge in [-0.05, 0) is 230 Å². The Morgan fingerprint density at radius 2 is 0.871 bits per heavy atom. The van der Waals surface area contributed by atoms with E-state index in [1.54, 1.807) is 0 Å². The summed E-state index contributed by atoms with van der Waals surface area (Å²) in [6.45, 7) is 21.2. The molecule has 414 valence electrons. The topological polar surface area (TPSA) is 6.48 Å². The Bertz CT molecular complexity index is 4640. The van der Waals surface area contributed by atoms with Gasteiger partial charge in [0.2, 0.25) is 0 Å². The minimum Gasteiger partial charge on any atom is -0.310 e. The summed E-state index contributed by atoms with van der Waals surface area (Å²) in [7, 11) is 0. The molecule has 3 aliphatic rings. The Morgan fingerprint density at radius 1 is 0.400 bits per heavy atom. The molecule has 0 fully saturated rings. The van der Waals surface area contributed by atoms with E-state index < -0.39 is 0 Å². The van der Waals surface area contributed by atoms with Crippen molar-refractivity contribution in [2.45, 2.75) is 97.3 Å². The van der Waals surface area contributed by atoms with Crippen LogP contribution in [0, 0.1) is 0 Å². The highest BCUT2D eigenvalue weighted by atomic mass is 15.1. The van der Waals surface area contributed by atoms with Gasteiger partial charge in [-0.25, -0.2) is 0 Å². The lowest BCUT2D eigenvalue weighted by molar-refractivity contribution is 0.590. The largest absolute Gasteiger partial charge is 0.310 e. The third-order valence-corrected chi connectivity index (χ3v) is 19.4. The summed E-state index contributed by atoms with van der Waals surface area (Å²) in [6.07, 6.45) is 6.95. The Morgan fingerprint density at radius 3 is 1.42 bits per heavy atom. The van der Waals surface area contributed by atoms with Crippen molar-refractivity contribution >= 4 is 72.5 Å². The average molecular weight is 1100 g/mol. The molecule has 0 bridgehead atoms. The summed E-state index contributed by atoms with van der Waals surface area (Å²) in [6, 6.07) is 88.2. The SMILES string of the molecule is CC(C)c1ccc(N(c2ccc(C(C)(C)C)cc2)c2ccc3c(-c4ccc5c(c4)C(C)(C)c4c-5ccc5c4C=CCC5)c4cc(N(c5ccccc5)c5ccccc5)ccc4c(-c4ccc5c(c4)C(C)(C)c4c-5ccc5ccccc45)c3c2)cc1. The molecule has 0 amide bonds. The lowest BCUT2D eigenvalue weighted by Crippen LogP contribution is -2.18. The second-order valence-corrected chi connectivity index (χ2v) is 26.6. The molecule has 0 aliphatic heterocycles. The number of fused-ring (bicyclic) bond motifs is 12. The van der Waals surface area contributed by atoms with E-state index in [9.17, 15) is 0 Å². The van der Waals surface area contributed by atoms with Gasteiger partial charge < -0.3 is 9.80 Å². The number of hydrogen-bond donors (Lipinski definition) is 0. The van der Waals surface area contributed by atoms with E-state index >= 15 is 0 Å². The second kappa shape index (κ2) is 19.7. The van der Waals surface area contributed by atoms with Crippen molar-refractivity contribution in [3.8, 4) is 44.5 Å². The summed E-state index contributed by atoms with van der Waals surface area (Å²) in [5.41, 5.74) is 27.6. The van der Waals surface area contributed by atoms with Crippen LogP contribution in [0.2, 0.25) is 0 Å². The van der Waals surface area contributed by atoms with Crippen LogP contribution >= 0.6 is 0 Å². The monoisotopic (exact) mass is 1100 g/mol. The van der Waals surface area contributed by atoms with Crippen LogP contribution in [0.3, 0.4) is 0 Å². The molecule has 0 N–H and O–H groups in total. The first kappa shape index (κ1) is 52.6. The molecule has 85 heavy (non-hydrogen) atoms. The van der Waals surface area contributed by atoms with Crippen molar-refractivity contribution in [1.29, 1.82) is 0 Å². The van der Waals surface area contributed by atoms with Crippen LogP contribution in [0.25, 0.3) is 82.9 Å². The summed E-state index contributed by atoms with van der Waals surface area (Å²) >= 11 is 0. The van der Waals surface area contributed by atoms with Gasteiger partial charge in [-0.2, -0.15) is 0 Å². The molecule has 12 aromatic carbocycles. The first-order valence-corrected chi connectivity index (χ1v) is 30.7. The quantitative estimate of drug-likeness (QED) is 0.133. The minimum absolute atomic E-state index is 0.0154. The normalized spacial score (nSPS) is 14.3. The molecule has 0 heterocycles. The van der Waals surface area contributed by atoms with Crippen LogP contribution in [0.15, 0.2) is 237 Å². The maximum Gasteiger partial charge on any atom is 0.0468 e. The van der Waals surface area contributed by atoms with E-state index in [0.717, 1.165) is 47.0 Å². The standard InChI is InChI=1S/C83H72N2/c1-52(2)53-28-36-61(37-29-53)85(62-38-34-58(35-39-62)81(3,4)5)64-41-47-70-74(51-64)78(57-33-43-68-72-45-31-55-21-17-19-27-66(55)80(72)83(8,9)76(68)49-57)69-46-40-63(84(59-22-12-10-13-23-59)60-24-14-11-15-25-60)50-73(69)77(70)56-32-42-67-71-44-30-54-20-16-18-26-65(54)79(71)82(6,7)75(67)48-56/h10-15,17-19,21-52H,16,20H2,1-9H3. The van der Waals surface area contributed by atoms with Gasteiger partial charge in [-0.1, -0.05) is 220 Å². The molecule has 15 rings (SSSR count). The number of benzene rings is 12. The second-order valence-electron chi connectivity index (χ2n) is 26.6. The molecule has 0 unspecified atom stereocenters. The Kier molecular flexibility index (Phi) is 12.2. The van der Waals surface area contributed by atoms with Crippen LogP contribution in [-0.4, -0.2) is 0 Å². The molecule has 0 radical (unpaired) electrons. The molecule has 0 saturated carbocycles. The fraction of sp³-hybridized carbons (Fsp3) is 0.181. The molecule has 0 aromatic heterocycles. The van der Waals surface area contributed by atoms with Crippen LogP contribution < -0.4 is 9.80 Å². The van der Waals surface area contributed by atoms with Gasteiger partial charge >= 0.3 is 0 Å². The zero-order valence-corrected chi connectivity index (χ0v) is 50.5. The van der Waals surface area contributed by atoms with Crippen molar-refractivity contribution in [3.05, 3.63) is 281 Å². The molecule has 3 aliphatic carbocycles. The first-order chi connectivity index (χ1) is 41.1. The van der Waals surface area contributed by atoms with Gasteiger partial charge in [-0.15, -0.1) is 0 Å². The van der Waals surface area contributed by atoms with E-state index in [0.29, 0.717) is 5.92 Å². The number of para-hydroxylation sites is 2. The maximum atomic E-state index is 2.56. The predicted octanol–water partition coefficient (Wildman–Crippen LogP) is 23.4. The van der Waals surface area contributed by atoms with E-state index in [1.807, 2.05) is 0 Å². The zero-order chi connectivity index (χ0) is 58.1. The molecule has 2 heteroatoms. The summed E-state index contributed by atoms with van der Waals surface area (Å²) in [5, 5.41) is 7.47.